The molecule has 0 aromatic heterocycles. The van der Waals surface area contributed by atoms with Gasteiger partial charge in [-0.15, -0.1) is 0 Å². The van der Waals surface area contributed by atoms with Crippen LogP contribution >= 0.6 is 0 Å². The maximum atomic E-state index is 12.2. The van der Waals surface area contributed by atoms with Crippen molar-refractivity contribution < 1.29 is 24.0 Å². The molecule has 1 aromatic rings. The van der Waals surface area contributed by atoms with Crippen LogP contribution in [0.2, 0.25) is 0 Å². The number of hydrogen-bond donors (Lipinski definition) is 0. The number of ether oxygens (including phenoxy) is 2. The van der Waals surface area contributed by atoms with Gasteiger partial charge in [-0.2, -0.15) is 0 Å². The van der Waals surface area contributed by atoms with Crippen molar-refractivity contribution in [2.75, 3.05) is 6.54 Å². The molecule has 2 atom stereocenters. The number of nitro benzene ring substituents is 1. The molecular formula is C18H24N2O6. The summed E-state index contributed by atoms with van der Waals surface area (Å²) in [6, 6.07) is 5.17. The van der Waals surface area contributed by atoms with Gasteiger partial charge in [-0.1, -0.05) is 0 Å². The molecule has 8 nitrogen and oxygen atoms in total. The highest BCUT2D eigenvalue weighted by Gasteiger charge is 2.33. The molecule has 0 radical (unpaired) electrons. The minimum atomic E-state index is -0.559. The average molecular weight is 364 g/mol. The van der Waals surface area contributed by atoms with Crippen LogP contribution in [-0.2, 0) is 9.47 Å². The molecule has 0 spiro atoms. The molecule has 1 heterocycles. The minimum Gasteiger partial charge on any atom is -0.459 e. The van der Waals surface area contributed by atoms with Crippen LogP contribution in [0.25, 0.3) is 0 Å². The molecule has 0 unspecified atom stereocenters. The predicted octanol–water partition coefficient (Wildman–Crippen LogP) is 3.54. The number of benzene rings is 1. The smallest absolute Gasteiger partial charge is 0.410 e. The summed E-state index contributed by atoms with van der Waals surface area (Å²) in [5, 5.41) is 10.7. The van der Waals surface area contributed by atoms with Gasteiger partial charge >= 0.3 is 12.1 Å². The van der Waals surface area contributed by atoms with Crippen molar-refractivity contribution in [3.63, 3.8) is 0 Å². The quantitative estimate of drug-likeness (QED) is 0.462. The number of hydrogen-bond acceptors (Lipinski definition) is 6. The SMILES string of the molecule is C[C@@H]1C[C@@H](OC(=O)c2ccc([N+](=O)[O-])cc2)CCN1C(=O)OC(C)(C)C. The maximum Gasteiger partial charge on any atom is 0.410 e. The van der Waals surface area contributed by atoms with Gasteiger partial charge in [0, 0.05) is 37.6 Å². The Bertz CT molecular complexity index is 680. The Morgan fingerprint density at radius 3 is 2.35 bits per heavy atom. The van der Waals surface area contributed by atoms with Crippen molar-refractivity contribution in [1.29, 1.82) is 0 Å². The zero-order valence-corrected chi connectivity index (χ0v) is 15.4. The second kappa shape index (κ2) is 7.72. The van der Waals surface area contributed by atoms with Gasteiger partial charge in [0.2, 0.25) is 0 Å². The molecule has 1 aromatic carbocycles. The summed E-state index contributed by atoms with van der Waals surface area (Å²) < 4.78 is 10.9. The monoisotopic (exact) mass is 364 g/mol. The molecule has 0 bridgehead atoms. The topological polar surface area (TPSA) is 99.0 Å². The van der Waals surface area contributed by atoms with E-state index < -0.39 is 16.5 Å². The van der Waals surface area contributed by atoms with Gasteiger partial charge in [0.1, 0.15) is 11.7 Å². The third-order valence-corrected chi connectivity index (χ3v) is 4.04. The van der Waals surface area contributed by atoms with Gasteiger partial charge < -0.3 is 14.4 Å². The molecular weight excluding hydrogens is 340 g/mol. The maximum absolute atomic E-state index is 12.2. The van der Waals surface area contributed by atoms with E-state index in [1.165, 1.54) is 24.3 Å². The Kier molecular flexibility index (Phi) is 5.84. The molecule has 1 fully saturated rings. The predicted molar refractivity (Wildman–Crippen MR) is 93.9 cm³/mol. The van der Waals surface area contributed by atoms with Crippen molar-refractivity contribution in [3.05, 3.63) is 39.9 Å². The number of esters is 1. The molecule has 1 saturated heterocycles. The average Bonchev–Trinajstić information content (AvgIpc) is 2.53. The molecule has 26 heavy (non-hydrogen) atoms. The number of non-ortho nitro benzene ring substituents is 1. The molecule has 1 aliphatic rings. The summed E-state index contributed by atoms with van der Waals surface area (Å²) >= 11 is 0. The summed E-state index contributed by atoms with van der Waals surface area (Å²) in [6.45, 7) is 7.76. The number of likely N-dealkylation sites (tertiary alicyclic amines) is 1. The number of nitro groups is 1. The Balaban J connectivity index is 1.91. The van der Waals surface area contributed by atoms with Crippen molar-refractivity contribution in [2.24, 2.45) is 0 Å². The first kappa shape index (κ1) is 19.7. The van der Waals surface area contributed by atoms with Gasteiger partial charge in [0.05, 0.1) is 10.5 Å². The van der Waals surface area contributed by atoms with Crippen molar-refractivity contribution in [2.45, 2.75) is 58.3 Å². The zero-order chi connectivity index (χ0) is 19.5. The Hall–Kier alpha value is -2.64. The fourth-order valence-corrected chi connectivity index (χ4v) is 2.77. The lowest BCUT2D eigenvalue weighted by Gasteiger charge is -2.37. The summed E-state index contributed by atoms with van der Waals surface area (Å²) in [5.74, 6) is -0.525. The third-order valence-electron chi connectivity index (χ3n) is 4.04. The van der Waals surface area contributed by atoms with Gasteiger partial charge in [-0.3, -0.25) is 10.1 Å². The fourth-order valence-electron chi connectivity index (χ4n) is 2.77. The highest BCUT2D eigenvalue weighted by atomic mass is 16.6. The van der Waals surface area contributed by atoms with Gasteiger partial charge in [0.25, 0.3) is 5.69 Å². The first-order chi connectivity index (χ1) is 12.1. The molecule has 2 rings (SSSR count). The van der Waals surface area contributed by atoms with Crippen molar-refractivity contribution >= 4 is 17.7 Å². The number of carbonyl (C=O) groups excluding carboxylic acids is 2. The lowest BCUT2D eigenvalue weighted by atomic mass is 10.0. The van der Waals surface area contributed by atoms with Crippen molar-refractivity contribution in [1.82, 2.24) is 4.90 Å². The largest absolute Gasteiger partial charge is 0.459 e. The van der Waals surface area contributed by atoms with E-state index in [-0.39, 0.29) is 29.5 Å². The Morgan fingerprint density at radius 1 is 1.23 bits per heavy atom. The molecule has 8 heteroatoms. The van der Waals surface area contributed by atoms with E-state index in [1.54, 1.807) is 4.90 Å². The number of carbonyl (C=O) groups is 2. The highest BCUT2D eigenvalue weighted by Crippen LogP contribution is 2.23. The molecule has 0 aliphatic carbocycles. The summed E-state index contributed by atoms with van der Waals surface area (Å²) in [7, 11) is 0. The third kappa shape index (κ3) is 5.18. The lowest BCUT2D eigenvalue weighted by molar-refractivity contribution is -0.384. The summed E-state index contributed by atoms with van der Waals surface area (Å²) in [4.78, 5) is 36.2. The lowest BCUT2D eigenvalue weighted by Crippen LogP contribution is -2.48. The summed E-state index contributed by atoms with van der Waals surface area (Å²) in [5.41, 5.74) is -0.380. The normalized spacial score (nSPS) is 20.4. The Morgan fingerprint density at radius 2 is 1.85 bits per heavy atom. The molecule has 0 N–H and O–H groups in total. The minimum absolute atomic E-state index is 0.0826. The van der Waals surface area contributed by atoms with E-state index in [9.17, 15) is 19.7 Å². The summed E-state index contributed by atoms with van der Waals surface area (Å²) in [6.07, 6.45) is 0.344. The fraction of sp³-hybridized carbons (Fsp3) is 0.556. The second-order valence-electron chi connectivity index (χ2n) is 7.38. The van der Waals surface area contributed by atoms with Crippen LogP contribution in [0.4, 0.5) is 10.5 Å². The highest BCUT2D eigenvalue weighted by molar-refractivity contribution is 5.89. The molecule has 142 valence electrons. The van der Waals surface area contributed by atoms with Crippen LogP contribution in [0.3, 0.4) is 0 Å². The van der Waals surface area contributed by atoms with E-state index >= 15 is 0 Å². The number of rotatable bonds is 3. The first-order valence-corrected chi connectivity index (χ1v) is 8.52. The van der Waals surface area contributed by atoms with Crippen LogP contribution in [0.15, 0.2) is 24.3 Å². The first-order valence-electron chi connectivity index (χ1n) is 8.52. The number of nitrogens with zero attached hydrogens (tertiary/aromatic N) is 2. The molecule has 1 aliphatic heterocycles. The van der Waals surface area contributed by atoms with E-state index in [0.717, 1.165) is 0 Å². The zero-order valence-electron chi connectivity index (χ0n) is 15.4. The standard InChI is InChI=1S/C18H24N2O6/c1-12-11-15(9-10-19(12)17(22)26-18(2,3)4)25-16(21)13-5-7-14(8-6-13)20(23)24/h5-8,12,15H,9-11H2,1-4H3/t12-,15+/m1/s1. The Labute approximate surface area is 152 Å². The van der Waals surface area contributed by atoms with Crippen LogP contribution in [-0.4, -0.2) is 46.2 Å². The van der Waals surface area contributed by atoms with E-state index in [0.29, 0.717) is 19.4 Å². The van der Waals surface area contributed by atoms with Crippen LogP contribution in [0.1, 0.15) is 50.9 Å². The molecule has 1 amide bonds. The molecule has 0 saturated carbocycles. The second-order valence-corrected chi connectivity index (χ2v) is 7.38. The van der Waals surface area contributed by atoms with Gasteiger partial charge in [0.15, 0.2) is 0 Å². The van der Waals surface area contributed by atoms with Gasteiger partial charge in [-0.05, 0) is 39.8 Å². The van der Waals surface area contributed by atoms with E-state index in [4.69, 9.17) is 9.47 Å². The van der Waals surface area contributed by atoms with Crippen LogP contribution < -0.4 is 0 Å². The van der Waals surface area contributed by atoms with E-state index in [1.807, 2.05) is 27.7 Å². The van der Waals surface area contributed by atoms with Crippen LogP contribution in [0.5, 0.6) is 0 Å². The van der Waals surface area contributed by atoms with Crippen molar-refractivity contribution in [3.8, 4) is 0 Å². The number of piperidine rings is 1. The van der Waals surface area contributed by atoms with E-state index in [2.05, 4.69) is 0 Å². The van der Waals surface area contributed by atoms with Gasteiger partial charge in [-0.25, -0.2) is 9.59 Å². The number of amides is 1. The van der Waals surface area contributed by atoms with Crippen LogP contribution in [0, 0.1) is 10.1 Å².